The van der Waals surface area contributed by atoms with E-state index in [0.29, 0.717) is 6.54 Å². The molecule has 1 fully saturated rings. The molecule has 1 atom stereocenters. The second-order valence-electron chi connectivity index (χ2n) is 3.04. The van der Waals surface area contributed by atoms with E-state index in [1.165, 1.54) is 0 Å². The summed E-state index contributed by atoms with van der Waals surface area (Å²) in [6.07, 6.45) is 0.999. The maximum absolute atomic E-state index is 11.5. The largest absolute Gasteiger partial charge is 0.395 e. The number of rotatable bonds is 3. The van der Waals surface area contributed by atoms with Crippen LogP contribution < -0.4 is 0 Å². The first-order valence-corrected chi connectivity index (χ1v) is 5.34. The molecule has 1 aliphatic rings. The number of aliphatic hydroxyl groups is 1. The molecule has 0 bridgehead atoms. The third-order valence-electron chi connectivity index (χ3n) is 2.09. The van der Waals surface area contributed by atoms with E-state index in [2.05, 4.69) is 0 Å². The van der Waals surface area contributed by atoms with Gasteiger partial charge in [-0.25, -0.2) is 0 Å². The molecule has 0 aromatic heterocycles. The van der Waals surface area contributed by atoms with Crippen LogP contribution in [0.5, 0.6) is 0 Å². The zero-order valence-corrected chi connectivity index (χ0v) is 8.14. The summed E-state index contributed by atoms with van der Waals surface area (Å²) in [5.74, 6) is 2.44. The van der Waals surface area contributed by atoms with Crippen molar-refractivity contribution in [2.75, 3.05) is 31.7 Å². The lowest BCUT2D eigenvalue weighted by atomic mass is 10.1. The van der Waals surface area contributed by atoms with Gasteiger partial charge in [-0.15, -0.1) is 0 Å². The highest BCUT2D eigenvalue weighted by molar-refractivity contribution is 7.99. The Bertz CT molecular complexity index is 157. The molecule has 70 valence electrons. The van der Waals surface area contributed by atoms with Crippen molar-refractivity contribution in [3.05, 3.63) is 0 Å². The molecule has 0 saturated carbocycles. The van der Waals surface area contributed by atoms with Crippen LogP contribution in [0.4, 0.5) is 0 Å². The van der Waals surface area contributed by atoms with Crippen LogP contribution in [-0.4, -0.2) is 47.6 Å². The van der Waals surface area contributed by atoms with Crippen LogP contribution in [0, 0.1) is 5.92 Å². The van der Waals surface area contributed by atoms with E-state index in [1.807, 2.05) is 11.8 Å². The van der Waals surface area contributed by atoms with Gasteiger partial charge in [0.15, 0.2) is 0 Å². The van der Waals surface area contributed by atoms with Crippen molar-refractivity contribution in [3.8, 4) is 0 Å². The summed E-state index contributed by atoms with van der Waals surface area (Å²) >= 11 is 1.84. The molecule has 1 N–H and O–H groups in total. The fourth-order valence-electron chi connectivity index (χ4n) is 1.30. The Morgan fingerprint density at radius 1 is 1.75 bits per heavy atom. The standard InChI is InChI=1S/C8H15NO2S/c1-9(3-4-10)8(11)7-2-5-12-6-7/h7,10H,2-6H2,1H3. The number of likely N-dealkylation sites (N-methyl/N-ethyl adjacent to an activating group) is 1. The molecule has 0 spiro atoms. The molecule has 1 saturated heterocycles. The van der Waals surface area contributed by atoms with E-state index < -0.39 is 0 Å². The fraction of sp³-hybridized carbons (Fsp3) is 0.875. The second kappa shape index (κ2) is 4.72. The molecule has 1 unspecified atom stereocenters. The molecule has 3 nitrogen and oxygen atoms in total. The summed E-state index contributed by atoms with van der Waals surface area (Å²) in [6, 6.07) is 0. The molecule has 4 heteroatoms. The van der Waals surface area contributed by atoms with Gasteiger partial charge < -0.3 is 10.0 Å². The number of thioether (sulfide) groups is 1. The van der Waals surface area contributed by atoms with Crippen molar-refractivity contribution < 1.29 is 9.90 Å². The summed E-state index contributed by atoms with van der Waals surface area (Å²) in [6.45, 7) is 0.516. The van der Waals surface area contributed by atoms with Gasteiger partial charge in [0, 0.05) is 25.3 Å². The smallest absolute Gasteiger partial charge is 0.226 e. The Kier molecular flexibility index (Phi) is 3.88. The van der Waals surface area contributed by atoms with Crippen molar-refractivity contribution in [3.63, 3.8) is 0 Å². The number of carbonyl (C=O) groups excluding carboxylic acids is 1. The van der Waals surface area contributed by atoms with Gasteiger partial charge in [0.05, 0.1) is 6.61 Å². The van der Waals surface area contributed by atoms with E-state index in [9.17, 15) is 4.79 Å². The average molecular weight is 189 g/mol. The van der Waals surface area contributed by atoms with Gasteiger partial charge >= 0.3 is 0 Å². The maximum Gasteiger partial charge on any atom is 0.226 e. The number of amides is 1. The Morgan fingerprint density at radius 2 is 2.50 bits per heavy atom. The van der Waals surface area contributed by atoms with Crippen LogP contribution in [0.2, 0.25) is 0 Å². The number of hydrogen-bond acceptors (Lipinski definition) is 3. The molecular weight excluding hydrogens is 174 g/mol. The molecule has 0 aromatic carbocycles. The predicted molar refractivity (Wildman–Crippen MR) is 50.2 cm³/mol. The van der Waals surface area contributed by atoms with Crippen molar-refractivity contribution >= 4 is 17.7 Å². The first-order chi connectivity index (χ1) is 5.75. The maximum atomic E-state index is 11.5. The van der Waals surface area contributed by atoms with Gasteiger partial charge in [-0.2, -0.15) is 11.8 Å². The third kappa shape index (κ3) is 2.38. The SMILES string of the molecule is CN(CCO)C(=O)C1CCSC1. The van der Waals surface area contributed by atoms with Crippen molar-refractivity contribution in [2.24, 2.45) is 5.92 Å². The molecule has 1 amide bonds. The minimum Gasteiger partial charge on any atom is -0.395 e. The Labute approximate surface area is 77.1 Å². The lowest BCUT2D eigenvalue weighted by molar-refractivity contribution is -0.133. The number of hydrogen-bond donors (Lipinski definition) is 1. The zero-order valence-electron chi connectivity index (χ0n) is 7.32. The molecule has 0 radical (unpaired) electrons. The van der Waals surface area contributed by atoms with Crippen molar-refractivity contribution in [1.82, 2.24) is 4.90 Å². The minimum absolute atomic E-state index is 0.0576. The van der Waals surface area contributed by atoms with Crippen LogP contribution in [0.25, 0.3) is 0 Å². The van der Waals surface area contributed by atoms with E-state index in [1.54, 1.807) is 11.9 Å². The van der Waals surface area contributed by atoms with E-state index >= 15 is 0 Å². The van der Waals surface area contributed by atoms with Crippen LogP contribution in [0.15, 0.2) is 0 Å². The molecule has 1 rings (SSSR count). The lowest BCUT2D eigenvalue weighted by Gasteiger charge is -2.19. The van der Waals surface area contributed by atoms with Gasteiger partial charge in [-0.05, 0) is 12.2 Å². The molecule has 1 heterocycles. The second-order valence-corrected chi connectivity index (χ2v) is 4.19. The highest BCUT2D eigenvalue weighted by Crippen LogP contribution is 2.24. The fourth-order valence-corrected chi connectivity index (χ4v) is 2.51. The summed E-state index contributed by atoms with van der Waals surface area (Å²) in [7, 11) is 1.75. The summed E-state index contributed by atoms with van der Waals surface area (Å²) < 4.78 is 0. The van der Waals surface area contributed by atoms with Crippen LogP contribution in [-0.2, 0) is 4.79 Å². The van der Waals surface area contributed by atoms with Gasteiger partial charge in [-0.3, -0.25) is 4.79 Å². The van der Waals surface area contributed by atoms with Gasteiger partial charge in [0.25, 0.3) is 0 Å². The van der Waals surface area contributed by atoms with Gasteiger partial charge in [0.2, 0.25) is 5.91 Å². The van der Waals surface area contributed by atoms with Crippen molar-refractivity contribution in [2.45, 2.75) is 6.42 Å². The Balaban J connectivity index is 2.34. The van der Waals surface area contributed by atoms with Crippen LogP contribution in [0.3, 0.4) is 0 Å². The number of aliphatic hydroxyl groups excluding tert-OH is 1. The number of carbonyl (C=O) groups is 1. The Hall–Kier alpha value is -0.220. The summed E-state index contributed by atoms with van der Waals surface area (Å²) in [4.78, 5) is 13.2. The van der Waals surface area contributed by atoms with Gasteiger partial charge in [0.1, 0.15) is 0 Å². The van der Waals surface area contributed by atoms with Crippen LogP contribution in [0.1, 0.15) is 6.42 Å². The first-order valence-electron chi connectivity index (χ1n) is 4.19. The normalized spacial score (nSPS) is 22.7. The quantitative estimate of drug-likeness (QED) is 0.689. The molecular formula is C8H15NO2S. The average Bonchev–Trinajstić information content (AvgIpc) is 2.55. The van der Waals surface area contributed by atoms with Crippen LogP contribution >= 0.6 is 11.8 Å². The number of nitrogens with zero attached hydrogens (tertiary/aromatic N) is 1. The van der Waals surface area contributed by atoms with E-state index in [0.717, 1.165) is 17.9 Å². The molecule has 0 aromatic rings. The summed E-state index contributed by atoms with van der Waals surface area (Å²) in [5.41, 5.74) is 0. The third-order valence-corrected chi connectivity index (χ3v) is 3.25. The van der Waals surface area contributed by atoms with E-state index in [-0.39, 0.29) is 18.4 Å². The monoisotopic (exact) mass is 189 g/mol. The topological polar surface area (TPSA) is 40.5 Å². The van der Waals surface area contributed by atoms with Gasteiger partial charge in [-0.1, -0.05) is 0 Å². The van der Waals surface area contributed by atoms with Crippen molar-refractivity contribution in [1.29, 1.82) is 0 Å². The molecule has 0 aliphatic carbocycles. The lowest BCUT2D eigenvalue weighted by Crippen LogP contribution is -2.34. The Morgan fingerprint density at radius 3 is 3.00 bits per heavy atom. The van der Waals surface area contributed by atoms with E-state index in [4.69, 9.17) is 5.11 Å². The summed E-state index contributed by atoms with van der Waals surface area (Å²) in [5, 5.41) is 8.63. The predicted octanol–water partition coefficient (Wildman–Crippen LogP) is 0.190. The minimum atomic E-state index is 0.0576. The molecule has 1 aliphatic heterocycles. The first kappa shape index (κ1) is 9.86. The zero-order chi connectivity index (χ0) is 8.97. The highest BCUT2D eigenvalue weighted by atomic mass is 32.2. The molecule has 12 heavy (non-hydrogen) atoms. The highest BCUT2D eigenvalue weighted by Gasteiger charge is 2.25.